The summed E-state index contributed by atoms with van der Waals surface area (Å²) in [4.78, 5) is 8.95. The molecule has 0 spiro atoms. The summed E-state index contributed by atoms with van der Waals surface area (Å²) in [6.45, 7) is 4.07. The van der Waals surface area contributed by atoms with Crippen molar-refractivity contribution in [1.82, 2.24) is 15.6 Å². The molecule has 2 aromatic carbocycles. The highest BCUT2D eigenvalue weighted by atomic mass is 16.5. The lowest BCUT2D eigenvalue weighted by atomic mass is 10.2. The molecule has 3 rings (SSSR count). The Kier molecular flexibility index (Phi) is 6.81. The zero-order valence-electron chi connectivity index (χ0n) is 15.4. The third-order valence-electron chi connectivity index (χ3n) is 3.83. The third kappa shape index (κ3) is 6.15. The van der Waals surface area contributed by atoms with E-state index in [1.807, 2.05) is 79.7 Å². The molecular formula is C22H24N4O. The Morgan fingerprint density at radius 2 is 1.63 bits per heavy atom. The van der Waals surface area contributed by atoms with Crippen molar-refractivity contribution in [2.45, 2.75) is 20.0 Å². The minimum atomic E-state index is 0.586. The topological polar surface area (TPSA) is 58.5 Å². The minimum absolute atomic E-state index is 0.586. The Labute approximate surface area is 160 Å². The number of nitrogens with one attached hydrogen (secondary N) is 2. The fourth-order valence-electron chi connectivity index (χ4n) is 2.48. The Morgan fingerprint density at radius 1 is 0.889 bits per heavy atom. The first-order chi connectivity index (χ1) is 13.3. The zero-order chi connectivity index (χ0) is 18.7. The molecule has 3 aromatic rings. The predicted molar refractivity (Wildman–Crippen MR) is 109 cm³/mol. The third-order valence-corrected chi connectivity index (χ3v) is 3.83. The predicted octanol–water partition coefficient (Wildman–Crippen LogP) is 4.13. The molecule has 0 bridgehead atoms. The number of nitrogens with zero attached hydrogens (tertiary/aromatic N) is 2. The van der Waals surface area contributed by atoms with Gasteiger partial charge < -0.3 is 15.4 Å². The fraction of sp³-hybridized carbons (Fsp3) is 0.182. The Morgan fingerprint density at radius 3 is 2.33 bits per heavy atom. The first kappa shape index (κ1) is 18.5. The van der Waals surface area contributed by atoms with Gasteiger partial charge in [0.15, 0.2) is 5.96 Å². The molecule has 0 saturated heterocycles. The van der Waals surface area contributed by atoms with E-state index < -0.39 is 0 Å². The number of rotatable bonds is 7. The fourth-order valence-corrected chi connectivity index (χ4v) is 2.48. The monoisotopic (exact) mass is 360 g/mol. The van der Waals surface area contributed by atoms with Crippen LogP contribution in [-0.2, 0) is 13.1 Å². The SMILES string of the molecule is CCNC(=NCc1ccc(Oc2ccccc2)cc1)NCc1ccccn1. The summed E-state index contributed by atoms with van der Waals surface area (Å²) in [7, 11) is 0. The first-order valence-corrected chi connectivity index (χ1v) is 9.07. The van der Waals surface area contributed by atoms with Crippen LogP contribution in [0.4, 0.5) is 0 Å². The molecule has 0 unspecified atom stereocenters. The second kappa shape index (κ2) is 9.97. The van der Waals surface area contributed by atoms with E-state index in [4.69, 9.17) is 4.74 Å². The van der Waals surface area contributed by atoms with Crippen LogP contribution in [0.2, 0.25) is 0 Å². The van der Waals surface area contributed by atoms with Crippen LogP contribution in [0.1, 0.15) is 18.2 Å². The summed E-state index contributed by atoms with van der Waals surface area (Å²) in [5, 5.41) is 6.56. The summed E-state index contributed by atoms with van der Waals surface area (Å²) in [6, 6.07) is 23.6. The number of guanidine groups is 1. The normalized spacial score (nSPS) is 11.1. The van der Waals surface area contributed by atoms with Gasteiger partial charge in [0.25, 0.3) is 0 Å². The van der Waals surface area contributed by atoms with Crippen LogP contribution in [-0.4, -0.2) is 17.5 Å². The molecule has 2 N–H and O–H groups in total. The van der Waals surface area contributed by atoms with E-state index in [0.29, 0.717) is 13.1 Å². The molecule has 0 aliphatic heterocycles. The standard InChI is InChI=1S/C22H24N4O/c1-2-23-22(26-17-19-8-6-7-15-24-19)25-16-18-11-13-21(14-12-18)27-20-9-4-3-5-10-20/h3-15H,2,16-17H2,1H3,(H2,23,25,26). The van der Waals surface area contributed by atoms with E-state index in [1.54, 1.807) is 6.20 Å². The number of pyridine rings is 1. The van der Waals surface area contributed by atoms with E-state index in [9.17, 15) is 0 Å². The maximum atomic E-state index is 5.82. The first-order valence-electron chi connectivity index (χ1n) is 9.07. The molecule has 5 heteroatoms. The number of para-hydroxylation sites is 1. The van der Waals surface area contributed by atoms with Gasteiger partial charge in [0.05, 0.1) is 18.8 Å². The number of ether oxygens (including phenoxy) is 1. The molecule has 5 nitrogen and oxygen atoms in total. The molecule has 0 fully saturated rings. The van der Waals surface area contributed by atoms with Gasteiger partial charge in [-0.2, -0.15) is 0 Å². The van der Waals surface area contributed by atoms with Gasteiger partial charge in [-0.1, -0.05) is 36.4 Å². The molecule has 1 aromatic heterocycles. The molecule has 0 radical (unpaired) electrons. The molecule has 138 valence electrons. The average molecular weight is 360 g/mol. The number of aromatic nitrogens is 1. The summed E-state index contributed by atoms with van der Waals surface area (Å²) in [5.74, 6) is 2.42. The van der Waals surface area contributed by atoms with Crippen LogP contribution < -0.4 is 15.4 Å². The highest BCUT2D eigenvalue weighted by Crippen LogP contribution is 2.21. The second-order valence-corrected chi connectivity index (χ2v) is 5.93. The van der Waals surface area contributed by atoms with Crippen molar-refractivity contribution >= 4 is 5.96 Å². The van der Waals surface area contributed by atoms with Crippen molar-refractivity contribution in [2.24, 2.45) is 4.99 Å². The van der Waals surface area contributed by atoms with Gasteiger partial charge in [0.2, 0.25) is 0 Å². The van der Waals surface area contributed by atoms with Crippen molar-refractivity contribution < 1.29 is 4.74 Å². The average Bonchev–Trinajstić information content (AvgIpc) is 2.73. The van der Waals surface area contributed by atoms with Crippen molar-refractivity contribution in [3.05, 3.63) is 90.3 Å². The van der Waals surface area contributed by atoms with Crippen LogP contribution in [0.15, 0.2) is 84.0 Å². The summed E-state index contributed by atoms with van der Waals surface area (Å²) in [5.41, 5.74) is 2.09. The molecule has 0 saturated carbocycles. The van der Waals surface area contributed by atoms with E-state index in [2.05, 4.69) is 20.6 Å². The van der Waals surface area contributed by atoms with Gasteiger partial charge in [0.1, 0.15) is 11.5 Å². The molecular weight excluding hydrogens is 336 g/mol. The zero-order valence-corrected chi connectivity index (χ0v) is 15.4. The molecule has 0 amide bonds. The lowest BCUT2D eigenvalue weighted by Gasteiger charge is -2.11. The van der Waals surface area contributed by atoms with E-state index in [1.165, 1.54) is 0 Å². The number of benzene rings is 2. The van der Waals surface area contributed by atoms with Gasteiger partial charge in [-0.05, 0) is 48.9 Å². The Hall–Kier alpha value is -3.34. The van der Waals surface area contributed by atoms with Crippen molar-refractivity contribution in [3.63, 3.8) is 0 Å². The Balaban J connectivity index is 1.56. The lowest BCUT2D eigenvalue weighted by Crippen LogP contribution is -2.36. The minimum Gasteiger partial charge on any atom is -0.457 e. The molecule has 0 aliphatic carbocycles. The number of hydrogen-bond acceptors (Lipinski definition) is 3. The molecule has 27 heavy (non-hydrogen) atoms. The van der Waals surface area contributed by atoms with E-state index in [-0.39, 0.29) is 0 Å². The summed E-state index contributed by atoms with van der Waals surface area (Å²) >= 11 is 0. The molecule has 0 atom stereocenters. The van der Waals surface area contributed by atoms with Gasteiger partial charge in [-0.15, -0.1) is 0 Å². The van der Waals surface area contributed by atoms with Crippen molar-refractivity contribution in [3.8, 4) is 11.5 Å². The van der Waals surface area contributed by atoms with Crippen LogP contribution in [0.25, 0.3) is 0 Å². The van der Waals surface area contributed by atoms with Gasteiger partial charge in [-0.3, -0.25) is 4.98 Å². The quantitative estimate of drug-likeness (QED) is 0.491. The maximum Gasteiger partial charge on any atom is 0.191 e. The molecule has 0 aliphatic rings. The van der Waals surface area contributed by atoms with Crippen molar-refractivity contribution in [1.29, 1.82) is 0 Å². The van der Waals surface area contributed by atoms with Crippen LogP contribution in [0.5, 0.6) is 11.5 Å². The second-order valence-electron chi connectivity index (χ2n) is 5.93. The van der Waals surface area contributed by atoms with Crippen LogP contribution in [0.3, 0.4) is 0 Å². The van der Waals surface area contributed by atoms with E-state index >= 15 is 0 Å². The Bertz CT molecular complexity index is 833. The maximum absolute atomic E-state index is 5.82. The highest BCUT2D eigenvalue weighted by Gasteiger charge is 2.00. The number of aliphatic imine (C=N–C) groups is 1. The van der Waals surface area contributed by atoms with Crippen LogP contribution in [0, 0.1) is 0 Å². The van der Waals surface area contributed by atoms with E-state index in [0.717, 1.165) is 35.3 Å². The van der Waals surface area contributed by atoms with Gasteiger partial charge >= 0.3 is 0 Å². The van der Waals surface area contributed by atoms with Crippen LogP contribution >= 0.6 is 0 Å². The summed E-state index contributed by atoms with van der Waals surface area (Å²) < 4.78 is 5.82. The van der Waals surface area contributed by atoms with Gasteiger partial charge in [-0.25, -0.2) is 4.99 Å². The summed E-state index contributed by atoms with van der Waals surface area (Å²) in [6.07, 6.45) is 1.79. The van der Waals surface area contributed by atoms with Crippen molar-refractivity contribution in [2.75, 3.05) is 6.54 Å². The van der Waals surface area contributed by atoms with Gasteiger partial charge in [0, 0.05) is 12.7 Å². The molecule has 1 heterocycles. The highest BCUT2D eigenvalue weighted by molar-refractivity contribution is 5.79. The largest absolute Gasteiger partial charge is 0.457 e. The smallest absolute Gasteiger partial charge is 0.191 e. The number of hydrogen-bond donors (Lipinski definition) is 2. The lowest BCUT2D eigenvalue weighted by molar-refractivity contribution is 0.482.